The van der Waals surface area contributed by atoms with E-state index in [0.717, 1.165) is 41.7 Å². The van der Waals surface area contributed by atoms with E-state index >= 15 is 8.78 Å². The summed E-state index contributed by atoms with van der Waals surface area (Å²) >= 11 is 1.51. The first-order valence-corrected chi connectivity index (χ1v) is 12.6. The van der Waals surface area contributed by atoms with E-state index in [0.29, 0.717) is 18.7 Å². The van der Waals surface area contributed by atoms with Gasteiger partial charge in [-0.25, -0.2) is 13.1 Å². The van der Waals surface area contributed by atoms with Crippen molar-refractivity contribution >= 4 is 28.5 Å². The van der Waals surface area contributed by atoms with E-state index in [2.05, 4.69) is 32.5 Å². The largest absolute Gasteiger partial charge is 0.380 e. The Labute approximate surface area is 196 Å². The fraction of sp³-hybridized carbons (Fsp3) is 0.440. The van der Waals surface area contributed by atoms with Crippen molar-refractivity contribution in [1.82, 2.24) is 14.2 Å². The van der Waals surface area contributed by atoms with Gasteiger partial charge in [-0.15, -0.1) is 0 Å². The molecule has 0 spiro atoms. The number of benzene rings is 2. The van der Waals surface area contributed by atoms with E-state index in [-0.39, 0.29) is 24.3 Å². The van der Waals surface area contributed by atoms with Crippen LogP contribution in [-0.2, 0) is 6.42 Å². The molecule has 3 aromatic rings. The molecular formula is C25H29F3N4S. The molecule has 4 nitrogen and oxygen atoms in total. The first-order valence-electron chi connectivity index (χ1n) is 11.5. The lowest BCUT2D eigenvalue weighted by Crippen LogP contribution is -2.54. The van der Waals surface area contributed by atoms with E-state index in [9.17, 15) is 4.39 Å². The molecule has 1 fully saturated rings. The fourth-order valence-electron chi connectivity index (χ4n) is 5.29. The molecular weight excluding hydrogens is 445 g/mol. The van der Waals surface area contributed by atoms with E-state index in [1.807, 2.05) is 24.5 Å². The summed E-state index contributed by atoms with van der Waals surface area (Å²) in [6.45, 7) is 4.00. The molecule has 0 saturated carbocycles. The Morgan fingerprint density at radius 3 is 2.58 bits per heavy atom. The number of aromatic amines is 1. The van der Waals surface area contributed by atoms with E-state index in [1.165, 1.54) is 24.1 Å². The minimum Gasteiger partial charge on any atom is -0.380 e. The summed E-state index contributed by atoms with van der Waals surface area (Å²) < 4.78 is 45.5. The van der Waals surface area contributed by atoms with E-state index in [1.54, 1.807) is 0 Å². The minimum atomic E-state index is -0.547. The number of nitrogens with one attached hydrogen (secondary N) is 2. The Bertz CT molecular complexity index is 1120. The van der Waals surface area contributed by atoms with Gasteiger partial charge in [0.05, 0.1) is 18.8 Å². The normalized spacial score (nSPS) is 21.8. The quantitative estimate of drug-likeness (QED) is 0.442. The molecule has 5 rings (SSSR count). The Balaban J connectivity index is 1.46. The minimum absolute atomic E-state index is 0.0763. The van der Waals surface area contributed by atoms with Crippen LogP contribution in [0.4, 0.5) is 18.9 Å². The third-order valence-corrected chi connectivity index (χ3v) is 7.80. The van der Waals surface area contributed by atoms with Crippen LogP contribution in [-0.4, -0.2) is 58.8 Å². The van der Waals surface area contributed by atoms with Crippen molar-refractivity contribution in [3.05, 3.63) is 64.9 Å². The molecule has 1 saturated heterocycles. The summed E-state index contributed by atoms with van der Waals surface area (Å²) in [6.07, 6.45) is 3.29. The van der Waals surface area contributed by atoms with Crippen molar-refractivity contribution in [3.8, 4) is 0 Å². The standard InChI is InChI=1S/C25H29F3N4S/c1-15-10-19-18-6-3-4-7-22(18)30-24(19)25(32(15)33-2)23-20(27)11-16(12-21(23)28)29-17-13-31(14-17)9-5-8-26/h3-4,6-7,11-12,15,17,25,29-30H,5,8-10,13-14H2,1-2H3/t15-,25-/m1/s1. The maximum atomic E-state index is 15.5. The predicted molar refractivity (Wildman–Crippen MR) is 129 cm³/mol. The van der Waals surface area contributed by atoms with Crippen molar-refractivity contribution in [3.63, 3.8) is 0 Å². The summed E-state index contributed by atoms with van der Waals surface area (Å²) in [4.78, 5) is 5.59. The Hall–Kier alpha value is -2.16. The maximum absolute atomic E-state index is 15.5. The van der Waals surface area contributed by atoms with Gasteiger partial charge in [0.25, 0.3) is 0 Å². The number of hydrogen-bond acceptors (Lipinski definition) is 4. The number of H-pyrrole nitrogens is 1. The van der Waals surface area contributed by atoms with Crippen molar-refractivity contribution in [1.29, 1.82) is 0 Å². The lowest BCUT2D eigenvalue weighted by atomic mass is 9.90. The number of anilines is 1. The first kappa shape index (κ1) is 22.6. The van der Waals surface area contributed by atoms with Gasteiger partial charge in [-0.3, -0.25) is 9.29 Å². The Morgan fingerprint density at radius 1 is 1.15 bits per heavy atom. The lowest BCUT2D eigenvalue weighted by molar-refractivity contribution is 0.155. The number of fused-ring (bicyclic) bond motifs is 3. The van der Waals surface area contributed by atoms with Crippen LogP contribution in [0.1, 0.15) is 36.2 Å². The molecule has 2 aliphatic rings. The summed E-state index contributed by atoms with van der Waals surface area (Å²) in [5, 5.41) is 4.35. The summed E-state index contributed by atoms with van der Waals surface area (Å²) in [5.74, 6) is -1.09. The molecule has 2 aromatic carbocycles. The molecule has 33 heavy (non-hydrogen) atoms. The van der Waals surface area contributed by atoms with Crippen LogP contribution in [0.2, 0.25) is 0 Å². The third-order valence-electron chi connectivity index (χ3n) is 6.81. The molecule has 0 aliphatic carbocycles. The van der Waals surface area contributed by atoms with Gasteiger partial charge < -0.3 is 10.3 Å². The molecule has 0 radical (unpaired) electrons. The van der Waals surface area contributed by atoms with Crippen molar-refractivity contribution in [2.24, 2.45) is 0 Å². The van der Waals surface area contributed by atoms with Gasteiger partial charge in [0, 0.05) is 53.5 Å². The number of halogens is 3. The highest BCUT2D eigenvalue weighted by molar-refractivity contribution is 7.96. The number of likely N-dealkylation sites (tertiary alicyclic amines) is 1. The van der Waals surface area contributed by atoms with E-state index < -0.39 is 17.7 Å². The van der Waals surface area contributed by atoms with Crippen LogP contribution in [0.3, 0.4) is 0 Å². The van der Waals surface area contributed by atoms with Gasteiger partial charge in [0.2, 0.25) is 0 Å². The van der Waals surface area contributed by atoms with Crippen LogP contribution in [0.5, 0.6) is 0 Å². The SMILES string of the molecule is CSN1[C@H](c2c(F)cc(NC3CN(CCCF)C3)cc2F)c2[nH]c3ccccc3c2C[C@H]1C. The number of aromatic nitrogens is 1. The first-order chi connectivity index (χ1) is 16.0. The second-order valence-corrected chi connectivity index (χ2v) is 9.84. The molecule has 0 amide bonds. The van der Waals surface area contributed by atoms with Gasteiger partial charge >= 0.3 is 0 Å². The van der Waals surface area contributed by atoms with Crippen molar-refractivity contribution in [2.45, 2.75) is 37.9 Å². The zero-order valence-corrected chi connectivity index (χ0v) is 19.7. The average Bonchev–Trinajstić information content (AvgIpc) is 3.13. The second-order valence-electron chi connectivity index (χ2n) is 9.06. The predicted octanol–water partition coefficient (Wildman–Crippen LogP) is 5.52. The number of hydrogen-bond donors (Lipinski definition) is 2. The second kappa shape index (κ2) is 9.24. The maximum Gasteiger partial charge on any atom is 0.133 e. The monoisotopic (exact) mass is 474 g/mol. The van der Waals surface area contributed by atoms with Crippen molar-refractivity contribution in [2.75, 3.05) is 37.9 Å². The van der Waals surface area contributed by atoms with Gasteiger partial charge in [0.1, 0.15) is 11.6 Å². The van der Waals surface area contributed by atoms with Gasteiger partial charge in [-0.2, -0.15) is 0 Å². The van der Waals surface area contributed by atoms with Crippen LogP contribution < -0.4 is 5.32 Å². The van der Waals surface area contributed by atoms with Gasteiger partial charge in [0.15, 0.2) is 0 Å². The lowest BCUT2D eigenvalue weighted by Gasteiger charge is -2.40. The van der Waals surface area contributed by atoms with Crippen LogP contribution in [0, 0.1) is 11.6 Å². The number of nitrogens with zero attached hydrogens (tertiary/aromatic N) is 2. The summed E-state index contributed by atoms with van der Waals surface area (Å²) in [6, 6.07) is 10.6. The fourth-order valence-corrected chi connectivity index (χ4v) is 6.15. The van der Waals surface area contributed by atoms with Crippen LogP contribution >= 0.6 is 11.9 Å². The highest BCUT2D eigenvalue weighted by Crippen LogP contribution is 2.45. The summed E-state index contributed by atoms with van der Waals surface area (Å²) in [7, 11) is 0. The topological polar surface area (TPSA) is 34.3 Å². The zero-order valence-electron chi connectivity index (χ0n) is 18.9. The molecule has 0 unspecified atom stereocenters. The number of para-hydroxylation sites is 1. The summed E-state index contributed by atoms with van der Waals surface area (Å²) in [5.41, 5.74) is 3.51. The molecule has 8 heteroatoms. The van der Waals surface area contributed by atoms with Crippen LogP contribution in [0.25, 0.3) is 10.9 Å². The molecule has 1 aromatic heterocycles. The van der Waals surface area contributed by atoms with E-state index in [4.69, 9.17) is 0 Å². The third kappa shape index (κ3) is 4.13. The zero-order chi connectivity index (χ0) is 23.1. The average molecular weight is 475 g/mol. The highest BCUT2D eigenvalue weighted by Gasteiger charge is 2.39. The molecule has 0 bridgehead atoms. The Kier molecular flexibility index (Phi) is 6.33. The number of alkyl halides is 1. The van der Waals surface area contributed by atoms with Gasteiger partial charge in [-0.1, -0.05) is 30.1 Å². The smallest absolute Gasteiger partial charge is 0.133 e. The highest BCUT2D eigenvalue weighted by atomic mass is 32.2. The molecule has 2 atom stereocenters. The van der Waals surface area contributed by atoms with Crippen LogP contribution in [0.15, 0.2) is 36.4 Å². The van der Waals surface area contributed by atoms with Crippen molar-refractivity contribution < 1.29 is 13.2 Å². The van der Waals surface area contributed by atoms with Gasteiger partial charge in [-0.05, 0) is 49.8 Å². The molecule has 2 N–H and O–H groups in total. The molecule has 176 valence electrons. The molecule has 2 aliphatic heterocycles. The number of rotatable bonds is 7. The Morgan fingerprint density at radius 2 is 1.88 bits per heavy atom. The molecule has 3 heterocycles.